The van der Waals surface area contributed by atoms with Crippen molar-refractivity contribution in [2.75, 3.05) is 31.3 Å². The van der Waals surface area contributed by atoms with Crippen molar-refractivity contribution in [1.29, 1.82) is 0 Å². The van der Waals surface area contributed by atoms with Gasteiger partial charge in [-0.1, -0.05) is 0 Å². The summed E-state index contributed by atoms with van der Waals surface area (Å²) in [5.41, 5.74) is 1.15. The summed E-state index contributed by atoms with van der Waals surface area (Å²) in [6.45, 7) is 12.7. The second-order valence-corrected chi connectivity index (χ2v) is 9.06. The van der Waals surface area contributed by atoms with Crippen LogP contribution in [-0.2, 0) is 27.7 Å². The van der Waals surface area contributed by atoms with Crippen LogP contribution in [0.4, 0.5) is 5.69 Å². The third-order valence-corrected chi connectivity index (χ3v) is 8.20. The summed E-state index contributed by atoms with van der Waals surface area (Å²) in [6, 6.07) is 10.3. The molecule has 22 heavy (non-hydrogen) atoms. The minimum absolute atomic E-state index is 0.643. The predicted octanol–water partition coefficient (Wildman–Crippen LogP) is 4.45. The van der Waals surface area contributed by atoms with Gasteiger partial charge in [0, 0.05) is 0 Å². The second-order valence-electron chi connectivity index (χ2n) is 4.80. The third-order valence-electron chi connectivity index (χ3n) is 3.28. The molecule has 5 heteroatoms. The van der Waals surface area contributed by atoms with Crippen LogP contribution in [0.1, 0.15) is 27.2 Å². The zero-order valence-electron chi connectivity index (χ0n) is 14.1. The van der Waals surface area contributed by atoms with Crippen LogP contribution in [0.25, 0.3) is 0 Å². The fraction of sp³-hybridized carbons (Fsp3) is 0.529. The molecule has 1 rings (SSSR count). The molecular weight excluding hydrogens is 314 g/mol. The van der Waals surface area contributed by atoms with Crippen molar-refractivity contribution in [2.24, 2.45) is 0 Å². The van der Waals surface area contributed by atoms with E-state index in [-0.39, 0.29) is 0 Å². The molecule has 0 atom stereocenters. The molecule has 124 valence electrons. The molecule has 4 nitrogen and oxygen atoms in total. The Morgan fingerprint density at radius 1 is 1.00 bits per heavy atom. The predicted molar refractivity (Wildman–Crippen MR) is 88.3 cm³/mol. The first kappa shape index (κ1) is 19.4. The normalized spacial score (nSPS) is 11.4. The Balaban J connectivity index is 2.61. The molecule has 0 spiro atoms. The van der Waals surface area contributed by atoms with Crippen LogP contribution in [0.3, 0.4) is 0 Å². The molecule has 0 saturated carbocycles. The molecule has 0 amide bonds. The van der Waals surface area contributed by atoms with E-state index >= 15 is 0 Å². The molecule has 0 aliphatic rings. The van der Waals surface area contributed by atoms with Crippen LogP contribution in [0, 0.1) is 0 Å². The SMILES string of the molecule is C=CN(CC[CH2][Ti]([O]CC)([O]CC)[O]CC)c1ccccc1. The van der Waals surface area contributed by atoms with Crippen LogP contribution in [-0.4, -0.2) is 26.4 Å². The first-order valence-electron chi connectivity index (χ1n) is 8.07. The van der Waals surface area contributed by atoms with Crippen molar-refractivity contribution in [3.8, 4) is 0 Å². The van der Waals surface area contributed by atoms with Crippen LogP contribution < -0.4 is 4.90 Å². The second kappa shape index (κ2) is 11.0. The Kier molecular flexibility index (Phi) is 9.68. The van der Waals surface area contributed by atoms with Crippen molar-refractivity contribution in [2.45, 2.75) is 31.9 Å². The molecule has 0 N–H and O–H groups in total. The molecule has 0 aromatic heterocycles. The number of hydrogen-bond donors (Lipinski definition) is 0. The average Bonchev–Trinajstić information content (AvgIpc) is 2.53. The Morgan fingerprint density at radius 3 is 2.00 bits per heavy atom. The van der Waals surface area contributed by atoms with E-state index in [4.69, 9.17) is 9.96 Å². The maximum atomic E-state index is 5.93. The van der Waals surface area contributed by atoms with Crippen molar-refractivity contribution in [3.63, 3.8) is 0 Å². The summed E-state index contributed by atoms with van der Waals surface area (Å²) in [6.07, 6.45) is 2.83. The summed E-state index contributed by atoms with van der Waals surface area (Å²) in [5, 5.41) is 0. The molecule has 0 aliphatic heterocycles. The van der Waals surface area contributed by atoms with Gasteiger partial charge in [0.2, 0.25) is 0 Å². The Hall–Kier alpha value is -0.646. The molecule has 0 radical (unpaired) electrons. The average molecular weight is 343 g/mol. The van der Waals surface area contributed by atoms with Gasteiger partial charge in [-0.2, -0.15) is 0 Å². The fourth-order valence-electron chi connectivity index (χ4n) is 2.41. The standard InChI is InChI=1S/C11H14N.3C2H5O.Ti/c1-3-10-12(4-2)11-8-6-5-7-9-11;3*1-2-3;/h4-9H,1-3,10H2;3*2H2,1H3;/q;3*-1;+3. The topological polar surface area (TPSA) is 30.9 Å². The quantitative estimate of drug-likeness (QED) is 0.525. The van der Waals surface area contributed by atoms with Crippen molar-refractivity contribution < 1.29 is 27.7 Å². The van der Waals surface area contributed by atoms with E-state index in [2.05, 4.69) is 23.6 Å². The Morgan fingerprint density at radius 2 is 1.55 bits per heavy atom. The van der Waals surface area contributed by atoms with E-state index < -0.39 is 17.8 Å². The number of benzene rings is 1. The van der Waals surface area contributed by atoms with E-state index in [0.29, 0.717) is 19.8 Å². The number of para-hydroxylation sites is 1. The van der Waals surface area contributed by atoms with Gasteiger partial charge < -0.3 is 0 Å². The van der Waals surface area contributed by atoms with E-state index in [9.17, 15) is 0 Å². The van der Waals surface area contributed by atoms with Gasteiger partial charge in [-0.25, -0.2) is 0 Å². The van der Waals surface area contributed by atoms with Crippen molar-refractivity contribution in [1.82, 2.24) is 0 Å². The van der Waals surface area contributed by atoms with Gasteiger partial charge in [0.1, 0.15) is 0 Å². The van der Waals surface area contributed by atoms with Crippen molar-refractivity contribution in [3.05, 3.63) is 43.1 Å². The molecule has 1 aromatic carbocycles. The monoisotopic (exact) mass is 343 g/mol. The molecule has 0 unspecified atom stereocenters. The van der Waals surface area contributed by atoms with E-state index in [0.717, 1.165) is 23.4 Å². The molecule has 0 saturated heterocycles. The first-order valence-corrected chi connectivity index (χ1v) is 11.1. The molecular formula is C17H29NO3Ti. The van der Waals surface area contributed by atoms with Crippen LogP contribution >= 0.6 is 0 Å². The third kappa shape index (κ3) is 6.23. The maximum absolute atomic E-state index is 5.93. The van der Waals surface area contributed by atoms with E-state index in [1.165, 1.54) is 0 Å². The zero-order valence-corrected chi connectivity index (χ0v) is 15.6. The number of hydrogen-bond acceptors (Lipinski definition) is 4. The summed E-state index contributed by atoms with van der Waals surface area (Å²) in [5.74, 6) is 0. The minimum atomic E-state index is -3.10. The molecule has 0 heterocycles. The summed E-state index contributed by atoms with van der Waals surface area (Å²) in [7, 11) is 0. The van der Waals surface area contributed by atoms with Gasteiger partial charge in [0.25, 0.3) is 0 Å². The summed E-state index contributed by atoms with van der Waals surface area (Å²) in [4.78, 5) is 2.15. The van der Waals surface area contributed by atoms with E-state index in [1.807, 2.05) is 45.2 Å². The molecule has 0 fully saturated rings. The van der Waals surface area contributed by atoms with Crippen LogP contribution in [0.15, 0.2) is 43.1 Å². The van der Waals surface area contributed by atoms with Gasteiger partial charge in [0.05, 0.1) is 0 Å². The Labute approximate surface area is 139 Å². The number of rotatable bonds is 12. The number of anilines is 1. The summed E-state index contributed by atoms with van der Waals surface area (Å²) >= 11 is -3.10. The number of nitrogens with zero attached hydrogens (tertiary/aromatic N) is 1. The van der Waals surface area contributed by atoms with Crippen LogP contribution in [0.5, 0.6) is 0 Å². The molecule has 0 bridgehead atoms. The van der Waals surface area contributed by atoms with Crippen LogP contribution in [0.2, 0.25) is 4.73 Å². The van der Waals surface area contributed by atoms with Crippen molar-refractivity contribution >= 4 is 5.69 Å². The zero-order chi connectivity index (χ0) is 16.3. The molecule has 0 aliphatic carbocycles. The first-order chi connectivity index (χ1) is 10.7. The fourth-order valence-corrected chi connectivity index (χ4v) is 6.46. The van der Waals surface area contributed by atoms with Gasteiger partial charge in [0.15, 0.2) is 0 Å². The van der Waals surface area contributed by atoms with Gasteiger partial charge in [-0.05, 0) is 0 Å². The molecule has 1 aromatic rings. The van der Waals surface area contributed by atoms with Gasteiger partial charge in [-0.3, -0.25) is 0 Å². The van der Waals surface area contributed by atoms with Gasteiger partial charge in [-0.15, -0.1) is 0 Å². The summed E-state index contributed by atoms with van der Waals surface area (Å²) < 4.78 is 18.7. The van der Waals surface area contributed by atoms with E-state index in [1.54, 1.807) is 0 Å². The van der Waals surface area contributed by atoms with Gasteiger partial charge >= 0.3 is 140 Å². The Bertz CT molecular complexity index is 397.